The van der Waals surface area contributed by atoms with Crippen molar-refractivity contribution >= 4 is 34.2 Å². The zero-order valence-electron chi connectivity index (χ0n) is 9.00. The molecular weight excluding hydrogens is 220 g/mol. The van der Waals surface area contributed by atoms with Gasteiger partial charge in [0.1, 0.15) is 5.52 Å². The van der Waals surface area contributed by atoms with Gasteiger partial charge in [0.05, 0.1) is 11.7 Å². The van der Waals surface area contributed by atoms with Crippen LogP contribution in [0.15, 0.2) is 22.7 Å². The van der Waals surface area contributed by atoms with Gasteiger partial charge in [-0.1, -0.05) is 6.07 Å². The molecule has 0 amide bonds. The number of H-pyrrole nitrogens is 1. The van der Waals surface area contributed by atoms with Crippen molar-refractivity contribution in [3.8, 4) is 0 Å². The highest BCUT2D eigenvalue weighted by Gasteiger charge is 2.08. The van der Waals surface area contributed by atoms with Crippen LogP contribution in [0.2, 0.25) is 0 Å². The number of nitrogens with zero attached hydrogens (tertiary/aromatic N) is 1. The van der Waals surface area contributed by atoms with Crippen LogP contribution >= 0.6 is 12.2 Å². The van der Waals surface area contributed by atoms with E-state index >= 15 is 0 Å². The van der Waals surface area contributed by atoms with E-state index < -0.39 is 0 Å². The summed E-state index contributed by atoms with van der Waals surface area (Å²) in [6.45, 7) is 4.12. The van der Waals surface area contributed by atoms with Crippen molar-refractivity contribution in [1.29, 1.82) is 0 Å². The van der Waals surface area contributed by atoms with E-state index in [9.17, 15) is 0 Å². The van der Waals surface area contributed by atoms with E-state index in [0.717, 1.165) is 27.6 Å². The van der Waals surface area contributed by atoms with Crippen LogP contribution in [-0.2, 0) is 0 Å². The average Bonchev–Trinajstić information content (AvgIpc) is 2.56. The summed E-state index contributed by atoms with van der Waals surface area (Å²) in [5.74, 6) is 0. The van der Waals surface area contributed by atoms with Gasteiger partial charge in [0.2, 0.25) is 0 Å². The quantitative estimate of drug-likeness (QED) is 0.599. The number of hydrogen-bond acceptors (Lipinski definition) is 3. The molecule has 80 valence electrons. The van der Waals surface area contributed by atoms with Crippen LogP contribution in [-0.4, -0.2) is 9.97 Å². The molecule has 2 heterocycles. The van der Waals surface area contributed by atoms with Gasteiger partial charge in [0, 0.05) is 5.39 Å². The smallest absolute Gasteiger partial charge is 0.266 e. The predicted octanol–water partition coefficient (Wildman–Crippen LogP) is 3.66. The Balaban J connectivity index is 2.64. The first-order chi connectivity index (χ1) is 7.65. The van der Waals surface area contributed by atoms with Crippen LogP contribution in [0.3, 0.4) is 0 Å². The number of aromatic nitrogens is 2. The lowest BCUT2D eigenvalue weighted by atomic mass is 10.1. The maximum Gasteiger partial charge on any atom is 0.266 e. The number of fused-ring (bicyclic) bond motifs is 3. The molecular formula is C12H10N2OS. The fraction of sp³-hybridized carbons (Fsp3) is 0.167. The molecule has 3 rings (SSSR count). The molecule has 0 unspecified atom stereocenters. The normalized spacial score (nSPS) is 11.4. The summed E-state index contributed by atoms with van der Waals surface area (Å²) < 4.78 is 5.52. The molecule has 0 spiro atoms. The molecule has 4 heteroatoms. The standard InChI is InChI=1S/C12H10N2OS/c1-6-3-7(2)10-8(4-6)13-5-9-11(10)15-12(16)14-9/h3-5H,1-2H3,(H,14,16). The first-order valence-electron chi connectivity index (χ1n) is 5.04. The number of rotatable bonds is 0. The third-order valence-corrected chi connectivity index (χ3v) is 2.88. The number of oxazole rings is 1. The molecule has 1 N–H and O–H groups in total. The molecule has 0 radical (unpaired) electrons. The fourth-order valence-electron chi connectivity index (χ4n) is 2.09. The highest BCUT2D eigenvalue weighted by atomic mass is 32.1. The second-order valence-corrected chi connectivity index (χ2v) is 4.36. The summed E-state index contributed by atoms with van der Waals surface area (Å²) in [5.41, 5.74) is 4.96. The van der Waals surface area contributed by atoms with Crippen molar-refractivity contribution in [2.75, 3.05) is 0 Å². The van der Waals surface area contributed by atoms with Gasteiger partial charge in [0.15, 0.2) is 5.58 Å². The van der Waals surface area contributed by atoms with Gasteiger partial charge >= 0.3 is 0 Å². The zero-order chi connectivity index (χ0) is 11.3. The van der Waals surface area contributed by atoms with Gasteiger partial charge in [-0.05, 0) is 43.3 Å². The van der Waals surface area contributed by atoms with Crippen molar-refractivity contribution in [2.45, 2.75) is 13.8 Å². The number of aromatic amines is 1. The number of hydrogen-bond donors (Lipinski definition) is 1. The Bertz CT molecular complexity index is 755. The van der Waals surface area contributed by atoms with E-state index in [1.54, 1.807) is 6.20 Å². The summed E-state index contributed by atoms with van der Waals surface area (Å²) in [4.78, 5) is 7.78. The molecule has 3 aromatic rings. The summed E-state index contributed by atoms with van der Waals surface area (Å²) in [6, 6.07) is 4.17. The van der Waals surface area contributed by atoms with Gasteiger partial charge < -0.3 is 9.40 Å². The highest BCUT2D eigenvalue weighted by molar-refractivity contribution is 7.71. The van der Waals surface area contributed by atoms with E-state index in [1.807, 2.05) is 6.07 Å². The Labute approximate surface area is 97.1 Å². The van der Waals surface area contributed by atoms with Gasteiger partial charge in [0.25, 0.3) is 4.84 Å². The summed E-state index contributed by atoms with van der Waals surface area (Å²) in [6.07, 6.45) is 1.76. The molecule has 16 heavy (non-hydrogen) atoms. The fourth-order valence-corrected chi connectivity index (χ4v) is 2.29. The van der Waals surface area contributed by atoms with Crippen LogP contribution in [0.5, 0.6) is 0 Å². The second kappa shape index (κ2) is 3.15. The molecule has 0 saturated carbocycles. The van der Waals surface area contributed by atoms with Gasteiger partial charge in [-0.25, -0.2) is 0 Å². The third-order valence-electron chi connectivity index (χ3n) is 2.69. The lowest BCUT2D eigenvalue weighted by Crippen LogP contribution is -1.85. The number of aryl methyl sites for hydroxylation is 2. The maximum atomic E-state index is 5.52. The summed E-state index contributed by atoms with van der Waals surface area (Å²) >= 11 is 4.99. The second-order valence-electron chi connectivity index (χ2n) is 3.99. The molecule has 0 bridgehead atoms. The van der Waals surface area contributed by atoms with Gasteiger partial charge in [-0.3, -0.25) is 4.98 Å². The van der Waals surface area contributed by atoms with E-state index in [4.69, 9.17) is 16.6 Å². The molecule has 0 aliphatic rings. The Hall–Kier alpha value is -1.68. The highest BCUT2D eigenvalue weighted by Crippen LogP contribution is 2.27. The average molecular weight is 230 g/mol. The third kappa shape index (κ3) is 1.27. The molecule has 0 saturated heterocycles. The minimum absolute atomic E-state index is 0.393. The first-order valence-corrected chi connectivity index (χ1v) is 5.45. The molecule has 0 fully saturated rings. The largest absolute Gasteiger partial charge is 0.429 e. The van der Waals surface area contributed by atoms with E-state index in [0.29, 0.717) is 4.84 Å². The molecule has 2 aromatic heterocycles. The minimum atomic E-state index is 0.393. The molecule has 0 aliphatic heterocycles. The lowest BCUT2D eigenvalue weighted by Gasteiger charge is -2.03. The van der Waals surface area contributed by atoms with Crippen LogP contribution in [0.25, 0.3) is 22.0 Å². The zero-order valence-corrected chi connectivity index (χ0v) is 9.81. The van der Waals surface area contributed by atoms with Gasteiger partial charge in [-0.2, -0.15) is 0 Å². The van der Waals surface area contributed by atoms with Crippen molar-refractivity contribution in [3.05, 3.63) is 34.3 Å². The van der Waals surface area contributed by atoms with Crippen LogP contribution in [0, 0.1) is 18.7 Å². The predicted molar refractivity (Wildman–Crippen MR) is 66.2 cm³/mol. The van der Waals surface area contributed by atoms with Crippen molar-refractivity contribution < 1.29 is 4.42 Å². The Morgan fingerprint density at radius 1 is 1.31 bits per heavy atom. The minimum Gasteiger partial charge on any atom is -0.429 e. The van der Waals surface area contributed by atoms with Crippen molar-refractivity contribution in [2.24, 2.45) is 0 Å². The first kappa shape index (κ1) is 9.54. The van der Waals surface area contributed by atoms with Crippen molar-refractivity contribution in [3.63, 3.8) is 0 Å². The monoisotopic (exact) mass is 230 g/mol. The molecule has 0 atom stereocenters. The van der Waals surface area contributed by atoms with Gasteiger partial charge in [-0.15, -0.1) is 0 Å². The van der Waals surface area contributed by atoms with E-state index in [2.05, 4.69) is 29.9 Å². The van der Waals surface area contributed by atoms with E-state index in [-0.39, 0.29) is 0 Å². The molecule has 1 aromatic carbocycles. The molecule has 3 nitrogen and oxygen atoms in total. The van der Waals surface area contributed by atoms with Crippen LogP contribution < -0.4 is 0 Å². The Morgan fingerprint density at radius 2 is 2.12 bits per heavy atom. The number of nitrogens with one attached hydrogen (secondary N) is 1. The Morgan fingerprint density at radius 3 is 2.94 bits per heavy atom. The lowest BCUT2D eigenvalue weighted by molar-refractivity contribution is 0.586. The SMILES string of the molecule is Cc1cc(C)c2c(c1)ncc1[nH]c(=S)oc12. The van der Waals surface area contributed by atoms with Crippen molar-refractivity contribution in [1.82, 2.24) is 9.97 Å². The topological polar surface area (TPSA) is 41.8 Å². The summed E-state index contributed by atoms with van der Waals surface area (Å²) in [5, 5.41) is 1.04. The molecule has 0 aliphatic carbocycles. The number of benzene rings is 1. The van der Waals surface area contributed by atoms with Crippen LogP contribution in [0.1, 0.15) is 11.1 Å². The number of pyridine rings is 1. The van der Waals surface area contributed by atoms with Crippen LogP contribution in [0.4, 0.5) is 0 Å². The van der Waals surface area contributed by atoms with E-state index in [1.165, 1.54) is 5.56 Å². The maximum absolute atomic E-state index is 5.52. The Kier molecular flexibility index (Phi) is 1.88. The summed E-state index contributed by atoms with van der Waals surface area (Å²) in [7, 11) is 0.